The number of aryl methyl sites for hydroxylation is 1. The summed E-state index contributed by atoms with van der Waals surface area (Å²) in [6, 6.07) is 17.4. The fraction of sp³-hybridized carbons (Fsp3) is 0.310. The molecule has 0 radical (unpaired) electrons. The number of anilines is 1. The molecule has 3 aromatic carbocycles. The number of nitrogens with zero attached hydrogens (tertiary/aromatic N) is 2. The normalized spacial score (nSPS) is 11.9. The van der Waals surface area contributed by atoms with Crippen LogP contribution < -0.4 is 14.4 Å². The third kappa shape index (κ3) is 7.35. The molecule has 10 heteroatoms. The van der Waals surface area contributed by atoms with Crippen LogP contribution in [0.25, 0.3) is 0 Å². The first-order valence-corrected chi connectivity index (χ1v) is 14.1. The first-order valence-electron chi connectivity index (χ1n) is 12.7. The maximum atomic E-state index is 13.9. The Balaban J connectivity index is 2.06. The molecule has 3 aromatic rings. The summed E-state index contributed by atoms with van der Waals surface area (Å²) < 4.78 is 47.4. The molecule has 0 aliphatic heterocycles. The Labute approximate surface area is 229 Å². The van der Waals surface area contributed by atoms with Crippen LogP contribution in [0.3, 0.4) is 0 Å². The van der Waals surface area contributed by atoms with Gasteiger partial charge in [-0.25, -0.2) is 12.8 Å². The summed E-state index contributed by atoms with van der Waals surface area (Å²) in [5.41, 5.74) is 1.89. The van der Waals surface area contributed by atoms with Gasteiger partial charge in [-0.05, 0) is 74.4 Å². The van der Waals surface area contributed by atoms with Crippen LogP contribution in [0.2, 0.25) is 0 Å². The third-order valence-corrected chi connectivity index (χ3v) is 8.01. The van der Waals surface area contributed by atoms with Crippen LogP contribution in [0.4, 0.5) is 10.1 Å². The molecule has 1 N–H and O–H groups in total. The first kappa shape index (κ1) is 29.6. The standard InChI is InChI=1S/C29H34FN3O5S/c1-5-27(29(35)31-6-2)32(19-22-8-7-9-25(18-22)38-4)28(34)20-33(24-14-10-21(3)11-15-24)39(36,37)26-16-12-23(30)13-17-26/h7-18,27H,5-6,19-20H2,1-4H3,(H,31,35)/t27-/m1/s1. The monoisotopic (exact) mass is 555 g/mol. The van der Waals surface area contributed by atoms with Crippen molar-refractivity contribution in [3.8, 4) is 5.75 Å². The summed E-state index contributed by atoms with van der Waals surface area (Å²) in [6.07, 6.45) is 0.316. The Bertz CT molecular complexity index is 1380. The van der Waals surface area contributed by atoms with E-state index >= 15 is 0 Å². The van der Waals surface area contributed by atoms with Crippen LogP contribution in [0.1, 0.15) is 31.4 Å². The molecule has 208 valence electrons. The summed E-state index contributed by atoms with van der Waals surface area (Å²) in [5, 5.41) is 2.77. The maximum absolute atomic E-state index is 13.9. The van der Waals surface area contributed by atoms with Crippen molar-refractivity contribution in [3.63, 3.8) is 0 Å². The van der Waals surface area contributed by atoms with Crippen LogP contribution in [0.5, 0.6) is 5.75 Å². The van der Waals surface area contributed by atoms with Gasteiger partial charge in [0.05, 0.1) is 17.7 Å². The molecule has 8 nitrogen and oxygen atoms in total. The number of amides is 2. The highest BCUT2D eigenvalue weighted by Gasteiger charge is 2.33. The van der Waals surface area contributed by atoms with Crippen LogP contribution in [0.15, 0.2) is 77.7 Å². The maximum Gasteiger partial charge on any atom is 0.264 e. The molecule has 0 fully saturated rings. The second-order valence-electron chi connectivity index (χ2n) is 8.99. The Kier molecular flexibility index (Phi) is 10.1. The van der Waals surface area contributed by atoms with E-state index in [1.807, 2.05) is 6.92 Å². The molecule has 0 bridgehead atoms. The zero-order valence-corrected chi connectivity index (χ0v) is 23.4. The number of methoxy groups -OCH3 is 1. The number of rotatable bonds is 12. The van der Waals surface area contributed by atoms with Crippen LogP contribution in [-0.2, 0) is 26.2 Å². The first-order chi connectivity index (χ1) is 18.6. The van der Waals surface area contributed by atoms with Crippen molar-refractivity contribution in [1.29, 1.82) is 0 Å². The van der Waals surface area contributed by atoms with Gasteiger partial charge in [0.25, 0.3) is 10.0 Å². The van der Waals surface area contributed by atoms with Crippen LogP contribution >= 0.6 is 0 Å². The van der Waals surface area contributed by atoms with Crippen molar-refractivity contribution in [3.05, 3.63) is 89.7 Å². The lowest BCUT2D eigenvalue weighted by Crippen LogP contribution is -2.52. The molecule has 0 aromatic heterocycles. The molecular weight excluding hydrogens is 521 g/mol. The van der Waals surface area contributed by atoms with E-state index in [0.717, 1.165) is 34.1 Å². The number of hydrogen-bond acceptors (Lipinski definition) is 5. The molecule has 2 amide bonds. The van der Waals surface area contributed by atoms with E-state index in [2.05, 4.69) is 5.32 Å². The Morgan fingerprint density at radius 3 is 2.26 bits per heavy atom. The highest BCUT2D eigenvalue weighted by molar-refractivity contribution is 7.92. The second kappa shape index (κ2) is 13.2. The predicted molar refractivity (Wildman–Crippen MR) is 148 cm³/mol. The number of sulfonamides is 1. The molecule has 0 heterocycles. The van der Waals surface area contributed by atoms with Crippen molar-refractivity contribution in [1.82, 2.24) is 10.2 Å². The summed E-state index contributed by atoms with van der Waals surface area (Å²) in [4.78, 5) is 28.2. The van der Waals surface area contributed by atoms with Crippen molar-refractivity contribution >= 4 is 27.5 Å². The molecule has 0 spiro atoms. The fourth-order valence-electron chi connectivity index (χ4n) is 4.15. The van der Waals surface area contributed by atoms with E-state index in [9.17, 15) is 22.4 Å². The molecule has 0 saturated heterocycles. The quantitative estimate of drug-likeness (QED) is 0.360. The number of halogens is 1. The number of likely N-dealkylation sites (N-methyl/N-ethyl adjacent to an activating group) is 1. The lowest BCUT2D eigenvalue weighted by Gasteiger charge is -2.33. The SMILES string of the molecule is CCNC(=O)[C@@H](CC)N(Cc1cccc(OC)c1)C(=O)CN(c1ccc(C)cc1)S(=O)(=O)c1ccc(F)cc1. The fourth-order valence-corrected chi connectivity index (χ4v) is 5.57. The lowest BCUT2D eigenvalue weighted by molar-refractivity contribution is -0.140. The molecule has 0 aliphatic rings. The van der Waals surface area contributed by atoms with E-state index < -0.39 is 34.3 Å². The highest BCUT2D eigenvalue weighted by atomic mass is 32.2. The smallest absolute Gasteiger partial charge is 0.264 e. The summed E-state index contributed by atoms with van der Waals surface area (Å²) in [6.45, 7) is 5.31. The number of nitrogens with one attached hydrogen (secondary N) is 1. The van der Waals surface area contributed by atoms with Gasteiger partial charge in [0.15, 0.2) is 0 Å². The Morgan fingerprint density at radius 1 is 1.00 bits per heavy atom. The van der Waals surface area contributed by atoms with Gasteiger partial charge in [0, 0.05) is 13.1 Å². The minimum absolute atomic E-state index is 0.0595. The highest BCUT2D eigenvalue weighted by Crippen LogP contribution is 2.26. The van der Waals surface area contributed by atoms with Gasteiger partial charge in [0.2, 0.25) is 11.8 Å². The third-order valence-electron chi connectivity index (χ3n) is 6.23. The van der Waals surface area contributed by atoms with E-state index in [-0.39, 0.29) is 23.0 Å². The molecular formula is C29H34FN3O5S. The zero-order chi connectivity index (χ0) is 28.6. The molecule has 0 unspecified atom stereocenters. The topological polar surface area (TPSA) is 96.0 Å². The molecule has 0 aliphatic carbocycles. The van der Waals surface area contributed by atoms with E-state index in [1.165, 1.54) is 12.0 Å². The second-order valence-corrected chi connectivity index (χ2v) is 10.9. The van der Waals surface area contributed by atoms with Gasteiger partial charge in [-0.15, -0.1) is 0 Å². The van der Waals surface area contributed by atoms with Gasteiger partial charge >= 0.3 is 0 Å². The number of carbonyl (C=O) groups excluding carboxylic acids is 2. The average molecular weight is 556 g/mol. The molecule has 39 heavy (non-hydrogen) atoms. The van der Waals surface area contributed by atoms with E-state index in [1.54, 1.807) is 62.4 Å². The zero-order valence-electron chi connectivity index (χ0n) is 22.6. The van der Waals surface area contributed by atoms with Crippen LogP contribution in [0, 0.1) is 12.7 Å². The number of ether oxygens (including phenoxy) is 1. The summed E-state index contributed by atoms with van der Waals surface area (Å²) in [7, 11) is -2.73. The minimum atomic E-state index is -4.26. The van der Waals surface area contributed by atoms with Crippen molar-refractivity contribution in [2.75, 3.05) is 24.5 Å². The summed E-state index contributed by atoms with van der Waals surface area (Å²) in [5.74, 6) is -0.892. The lowest BCUT2D eigenvalue weighted by atomic mass is 10.1. The average Bonchev–Trinajstić information content (AvgIpc) is 2.92. The van der Waals surface area contributed by atoms with Gasteiger partial charge in [-0.2, -0.15) is 0 Å². The predicted octanol–water partition coefficient (Wildman–Crippen LogP) is 4.28. The van der Waals surface area contributed by atoms with Gasteiger partial charge in [-0.3, -0.25) is 13.9 Å². The van der Waals surface area contributed by atoms with Crippen molar-refractivity contribution in [2.24, 2.45) is 0 Å². The van der Waals surface area contributed by atoms with Crippen molar-refractivity contribution < 1.29 is 27.1 Å². The number of hydrogen-bond donors (Lipinski definition) is 1. The minimum Gasteiger partial charge on any atom is -0.497 e. The Hall–Kier alpha value is -3.92. The molecule has 3 rings (SSSR count). The number of carbonyl (C=O) groups is 2. The van der Waals surface area contributed by atoms with Crippen molar-refractivity contribution in [2.45, 2.75) is 44.7 Å². The largest absolute Gasteiger partial charge is 0.497 e. The van der Waals surface area contributed by atoms with Gasteiger partial charge < -0.3 is 15.0 Å². The Morgan fingerprint density at radius 2 is 1.67 bits per heavy atom. The van der Waals surface area contributed by atoms with E-state index in [4.69, 9.17) is 4.74 Å². The molecule has 0 saturated carbocycles. The van der Waals surface area contributed by atoms with Gasteiger partial charge in [0.1, 0.15) is 24.2 Å². The van der Waals surface area contributed by atoms with E-state index in [0.29, 0.717) is 24.3 Å². The molecule has 1 atom stereocenters. The number of benzene rings is 3. The van der Waals surface area contributed by atoms with Gasteiger partial charge in [-0.1, -0.05) is 36.8 Å². The van der Waals surface area contributed by atoms with Crippen LogP contribution in [-0.4, -0.2) is 51.4 Å². The summed E-state index contributed by atoms with van der Waals surface area (Å²) >= 11 is 0.